The third kappa shape index (κ3) is 2.93. The first-order valence-electron chi connectivity index (χ1n) is 4.95. The highest BCUT2D eigenvalue weighted by Crippen LogP contribution is 2.01. The van der Waals surface area contributed by atoms with Crippen molar-refractivity contribution in [1.82, 2.24) is 20.0 Å². The Hall–Kier alpha value is -0.140. The van der Waals surface area contributed by atoms with Crippen LogP contribution in [0.3, 0.4) is 0 Å². The molecule has 1 aliphatic rings. The summed E-state index contributed by atoms with van der Waals surface area (Å²) >= 11 is 2.29. The third-order valence-corrected chi connectivity index (χ3v) is 3.01. The minimum Gasteiger partial charge on any atom is -0.314 e. The summed E-state index contributed by atoms with van der Waals surface area (Å²) in [6, 6.07) is 0. The number of piperazine rings is 1. The monoisotopic (exact) mass is 306 g/mol. The van der Waals surface area contributed by atoms with E-state index in [4.69, 9.17) is 0 Å². The first-order valence-corrected chi connectivity index (χ1v) is 6.03. The van der Waals surface area contributed by atoms with E-state index in [0.29, 0.717) is 0 Å². The van der Waals surface area contributed by atoms with Crippen LogP contribution in [0.5, 0.6) is 0 Å². The molecule has 0 bridgehead atoms. The van der Waals surface area contributed by atoms with Crippen LogP contribution in [0, 0.1) is 3.57 Å². The molecule has 78 valence electrons. The molecule has 1 fully saturated rings. The topological polar surface area (TPSA) is 33.1 Å². The molecule has 0 atom stereocenters. The fourth-order valence-electron chi connectivity index (χ4n) is 1.64. The molecule has 0 radical (unpaired) electrons. The zero-order chi connectivity index (χ0) is 9.80. The highest BCUT2D eigenvalue weighted by Gasteiger charge is 2.08. The van der Waals surface area contributed by atoms with Crippen LogP contribution in [0.2, 0.25) is 0 Å². The van der Waals surface area contributed by atoms with Gasteiger partial charge in [0.05, 0.1) is 16.3 Å². The van der Waals surface area contributed by atoms with Gasteiger partial charge in [-0.05, 0) is 22.6 Å². The van der Waals surface area contributed by atoms with Crippen LogP contribution < -0.4 is 5.32 Å². The molecule has 4 nitrogen and oxygen atoms in total. The molecule has 1 N–H and O–H groups in total. The maximum absolute atomic E-state index is 4.27. The van der Waals surface area contributed by atoms with Crippen LogP contribution in [0.4, 0.5) is 0 Å². The van der Waals surface area contributed by atoms with Crippen LogP contribution in [0.1, 0.15) is 0 Å². The Morgan fingerprint density at radius 2 is 2.14 bits per heavy atom. The standard InChI is InChI=1S/C9H15IN4/c10-9-7-12-14(8-9)6-5-13-3-1-11-2-4-13/h7-8,11H,1-6H2. The molecule has 0 saturated carbocycles. The lowest BCUT2D eigenvalue weighted by Gasteiger charge is -2.26. The summed E-state index contributed by atoms with van der Waals surface area (Å²) in [5.41, 5.74) is 0. The van der Waals surface area contributed by atoms with Crippen molar-refractivity contribution in [1.29, 1.82) is 0 Å². The average molecular weight is 306 g/mol. The third-order valence-electron chi connectivity index (χ3n) is 2.46. The summed E-state index contributed by atoms with van der Waals surface area (Å²) in [6.45, 7) is 6.69. The van der Waals surface area contributed by atoms with Gasteiger partial charge in [0.2, 0.25) is 0 Å². The lowest BCUT2D eigenvalue weighted by molar-refractivity contribution is 0.229. The van der Waals surface area contributed by atoms with Crippen molar-refractivity contribution in [3.8, 4) is 0 Å². The van der Waals surface area contributed by atoms with Gasteiger partial charge >= 0.3 is 0 Å². The van der Waals surface area contributed by atoms with Crippen LogP contribution >= 0.6 is 22.6 Å². The quantitative estimate of drug-likeness (QED) is 0.820. The van der Waals surface area contributed by atoms with Crippen LogP contribution in [-0.4, -0.2) is 47.4 Å². The van der Waals surface area contributed by atoms with E-state index in [-0.39, 0.29) is 0 Å². The minimum atomic E-state index is 1.00. The Labute approximate surface area is 97.8 Å². The second-order valence-corrected chi connectivity index (χ2v) is 4.76. The molecule has 0 unspecified atom stereocenters. The molecule has 2 heterocycles. The summed E-state index contributed by atoms with van der Waals surface area (Å²) < 4.78 is 3.23. The second-order valence-electron chi connectivity index (χ2n) is 3.51. The Morgan fingerprint density at radius 3 is 2.79 bits per heavy atom. The summed E-state index contributed by atoms with van der Waals surface area (Å²) in [6.07, 6.45) is 3.99. The Morgan fingerprint density at radius 1 is 1.36 bits per heavy atom. The number of nitrogens with zero attached hydrogens (tertiary/aromatic N) is 3. The van der Waals surface area contributed by atoms with E-state index in [2.05, 4.69) is 44.1 Å². The molecule has 0 amide bonds. The maximum atomic E-state index is 4.27. The summed E-state index contributed by atoms with van der Waals surface area (Å²) in [5.74, 6) is 0. The molecule has 1 saturated heterocycles. The summed E-state index contributed by atoms with van der Waals surface area (Å²) in [4.78, 5) is 2.48. The van der Waals surface area contributed by atoms with E-state index in [9.17, 15) is 0 Å². The van der Waals surface area contributed by atoms with E-state index in [0.717, 1.165) is 26.2 Å². The van der Waals surface area contributed by atoms with Crippen molar-refractivity contribution in [2.45, 2.75) is 6.54 Å². The number of hydrogen-bond donors (Lipinski definition) is 1. The van der Waals surface area contributed by atoms with Gasteiger partial charge in [-0.3, -0.25) is 9.58 Å². The van der Waals surface area contributed by atoms with Crippen molar-refractivity contribution >= 4 is 22.6 Å². The molecular weight excluding hydrogens is 291 g/mol. The number of halogens is 1. The molecule has 1 aromatic rings. The van der Waals surface area contributed by atoms with Gasteiger partial charge < -0.3 is 5.32 Å². The van der Waals surface area contributed by atoms with Gasteiger partial charge in [-0.2, -0.15) is 5.10 Å². The number of hydrogen-bond acceptors (Lipinski definition) is 3. The van der Waals surface area contributed by atoms with E-state index in [1.165, 1.54) is 16.7 Å². The zero-order valence-electron chi connectivity index (χ0n) is 8.12. The molecule has 0 spiro atoms. The molecule has 14 heavy (non-hydrogen) atoms. The summed E-state index contributed by atoms with van der Waals surface area (Å²) in [5, 5.41) is 7.62. The second kappa shape index (κ2) is 5.09. The predicted molar refractivity (Wildman–Crippen MR) is 64.3 cm³/mol. The number of nitrogens with one attached hydrogen (secondary N) is 1. The Kier molecular flexibility index (Phi) is 3.77. The predicted octanol–water partition coefficient (Wildman–Crippen LogP) is 0.393. The smallest absolute Gasteiger partial charge is 0.0623 e. The molecule has 2 rings (SSSR count). The highest BCUT2D eigenvalue weighted by atomic mass is 127. The van der Waals surface area contributed by atoms with Gasteiger partial charge in [-0.1, -0.05) is 0 Å². The van der Waals surface area contributed by atoms with E-state index in [1.807, 2.05) is 10.9 Å². The molecule has 1 aliphatic heterocycles. The highest BCUT2D eigenvalue weighted by molar-refractivity contribution is 14.1. The molecule has 0 aliphatic carbocycles. The fraction of sp³-hybridized carbons (Fsp3) is 0.667. The molecular formula is C9H15IN4. The maximum Gasteiger partial charge on any atom is 0.0623 e. The van der Waals surface area contributed by atoms with E-state index in [1.54, 1.807) is 0 Å². The Bertz CT molecular complexity index is 280. The van der Waals surface area contributed by atoms with Gasteiger partial charge in [0.25, 0.3) is 0 Å². The van der Waals surface area contributed by atoms with Crippen LogP contribution in [0.25, 0.3) is 0 Å². The lowest BCUT2D eigenvalue weighted by atomic mass is 10.3. The average Bonchev–Trinajstić information content (AvgIpc) is 2.63. The van der Waals surface area contributed by atoms with Crippen molar-refractivity contribution in [3.63, 3.8) is 0 Å². The normalized spacial score (nSPS) is 18.6. The SMILES string of the molecule is Ic1cnn(CCN2CCNCC2)c1. The Balaban J connectivity index is 1.76. The largest absolute Gasteiger partial charge is 0.314 e. The molecule has 0 aromatic carbocycles. The number of rotatable bonds is 3. The van der Waals surface area contributed by atoms with Gasteiger partial charge in [0, 0.05) is 38.9 Å². The van der Waals surface area contributed by atoms with Crippen molar-refractivity contribution in [2.75, 3.05) is 32.7 Å². The van der Waals surface area contributed by atoms with Crippen LogP contribution in [-0.2, 0) is 6.54 Å². The van der Waals surface area contributed by atoms with Crippen molar-refractivity contribution < 1.29 is 0 Å². The van der Waals surface area contributed by atoms with Gasteiger partial charge in [0.15, 0.2) is 0 Å². The van der Waals surface area contributed by atoms with E-state index < -0.39 is 0 Å². The minimum absolute atomic E-state index is 1.00. The van der Waals surface area contributed by atoms with Gasteiger partial charge in [0.1, 0.15) is 0 Å². The first-order chi connectivity index (χ1) is 6.84. The van der Waals surface area contributed by atoms with Gasteiger partial charge in [-0.25, -0.2) is 0 Å². The van der Waals surface area contributed by atoms with Crippen LogP contribution in [0.15, 0.2) is 12.4 Å². The van der Waals surface area contributed by atoms with E-state index >= 15 is 0 Å². The molecule has 5 heteroatoms. The lowest BCUT2D eigenvalue weighted by Crippen LogP contribution is -2.44. The van der Waals surface area contributed by atoms with Crippen molar-refractivity contribution in [3.05, 3.63) is 16.0 Å². The summed E-state index contributed by atoms with van der Waals surface area (Å²) in [7, 11) is 0. The zero-order valence-corrected chi connectivity index (χ0v) is 10.3. The van der Waals surface area contributed by atoms with Crippen molar-refractivity contribution in [2.24, 2.45) is 0 Å². The molecule has 1 aromatic heterocycles. The first kappa shape index (κ1) is 10.4. The van der Waals surface area contributed by atoms with Gasteiger partial charge in [-0.15, -0.1) is 0 Å². The fourth-order valence-corrected chi connectivity index (χ4v) is 2.09. The number of aromatic nitrogens is 2.